The molecule has 1 aliphatic carbocycles. The van der Waals surface area contributed by atoms with Gasteiger partial charge >= 0.3 is 0 Å². The van der Waals surface area contributed by atoms with E-state index in [1.807, 2.05) is 6.07 Å². The molecule has 0 radical (unpaired) electrons. The van der Waals surface area contributed by atoms with Crippen LogP contribution in [0, 0.1) is 17.2 Å². The fraction of sp³-hybridized carbons (Fsp3) is 0.400. The predicted molar refractivity (Wildman–Crippen MR) is 101 cm³/mol. The number of sulfonamides is 1. The summed E-state index contributed by atoms with van der Waals surface area (Å²) in [5, 5.41) is 2.92. The molecule has 1 N–H and O–H groups in total. The maximum Gasteiger partial charge on any atom is 0.243 e. The molecule has 1 aromatic carbocycles. The highest BCUT2D eigenvalue weighted by Gasteiger charge is 2.55. The fourth-order valence-electron chi connectivity index (χ4n) is 4.20. The molecule has 2 aromatic rings. The molecule has 1 unspecified atom stereocenters. The summed E-state index contributed by atoms with van der Waals surface area (Å²) in [5.41, 5.74) is 0.570. The third-order valence-corrected chi connectivity index (χ3v) is 7.71. The maximum absolute atomic E-state index is 13.5. The first-order chi connectivity index (χ1) is 13.4. The van der Waals surface area contributed by atoms with Crippen molar-refractivity contribution in [3.05, 3.63) is 60.2 Å². The SMILES string of the molecule is O=C(NCc1cccnc1)C1CN(S(=O)(=O)c2cccc(F)c2)CC12CCC2. The first kappa shape index (κ1) is 19.0. The molecule has 6 nitrogen and oxygen atoms in total. The molecule has 0 bridgehead atoms. The zero-order chi connectivity index (χ0) is 19.8. The smallest absolute Gasteiger partial charge is 0.243 e. The van der Waals surface area contributed by atoms with Crippen LogP contribution in [0.4, 0.5) is 4.39 Å². The second kappa shape index (κ2) is 7.25. The zero-order valence-corrected chi connectivity index (χ0v) is 16.2. The lowest BCUT2D eigenvalue weighted by atomic mass is 9.62. The lowest BCUT2D eigenvalue weighted by Crippen LogP contribution is -2.45. The number of pyridine rings is 1. The molecule has 2 aliphatic rings. The minimum Gasteiger partial charge on any atom is -0.352 e. The molecule has 1 amide bonds. The van der Waals surface area contributed by atoms with Gasteiger partial charge in [-0.3, -0.25) is 9.78 Å². The van der Waals surface area contributed by atoms with Gasteiger partial charge in [0.15, 0.2) is 0 Å². The Bertz CT molecular complexity index is 977. The second-order valence-electron chi connectivity index (χ2n) is 7.60. The van der Waals surface area contributed by atoms with Crippen LogP contribution in [0.5, 0.6) is 0 Å². The molecule has 8 heteroatoms. The molecule has 2 fully saturated rings. The van der Waals surface area contributed by atoms with Crippen LogP contribution in [-0.2, 0) is 21.4 Å². The van der Waals surface area contributed by atoms with Crippen molar-refractivity contribution in [1.82, 2.24) is 14.6 Å². The van der Waals surface area contributed by atoms with Gasteiger partial charge in [-0.15, -0.1) is 0 Å². The van der Waals surface area contributed by atoms with E-state index < -0.39 is 21.8 Å². The van der Waals surface area contributed by atoms with Crippen molar-refractivity contribution in [2.45, 2.75) is 30.7 Å². The van der Waals surface area contributed by atoms with Gasteiger partial charge in [0.1, 0.15) is 5.82 Å². The van der Waals surface area contributed by atoms with Crippen LogP contribution < -0.4 is 5.32 Å². The molecule has 28 heavy (non-hydrogen) atoms. The topological polar surface area (TPSA) is 79.4 Å². The largest absolute Gasteiger partial charge is 0.352 e. The number of rotatable bonds is 5. The van der Waals surface area contributed by atoms with Crippen molar-refractivity contribution < 1.29 is 17.6 Å². The van der Waals surface area contributed by atoms with Crippen LogP contribution >= 0.6 is 0 Å². The summed E-state index contributed by atoms with van der Waals surface area (Å²) in [6, 6.07) is 8.69. The monoisotopic (exact) mass is 403 g/mol. The number of carbonyl (C=O) groups is 1. The third kappa shape index (κ3) is 3.42. The molecule has 4 rings (SSSR count). The van der Waals surface area contributed by atoms with E-state index in [0.717, 1.165) is 30.9 Å². The average molecular weight is 403 g/mol. The Labute approximate surface area is 163 Å². The molecular formula is C20H22FN3O3S. The Hall–Kier alpha value is -2.32. The van der Waals surface area contributed by atoms with E-state index in [1.54, 1.807) is 18.5 Å². The highest BCUT2D eigenvalue weighted by Crippen LogP contribution is 2.52. The van der Waals surface area contributed by atoms with E-state index in [-0.39, 0.29) is 22.8 Å². The Kier molecular flexibility index (Phi) is 4.93. The summed E-state index contributed by atoms with van der Waals surface area (Å²) in [6.07, 6.45) is 6.00. The number of hydrogen-bond donors (Lipinski definition) is 1. The van der Waals surface area contributed by atoms with Crippen molar-refractivity contribution in [2.24, 2.45) is 11.3 Å². The summed E-state index contributed by atoms with van der Waals surface area (Å²) in [5.74, 6) is -1.13. The number of hydrogen-bond acceptors (Lipinski definition) is 4. The normalized spacial score (nSPS) is 21.4. The lowest BCUT2D eigenvalue weighted by Gasteiger charge is -2.42. The summed E-state index contributed by atoms with van der Waals surface area (Å²) in [4.78, 5) is 16.8. The van der Waals surface area contributed by atoms with Gasteiger partial charge in [0.2, 0.25) is 15.9 Å². The van der Waals surface area contributed by atoms with Gasteiger partial charge in [0.25, 0.3) is 0 Å². The number of halogens is 1. The van der Waals surface area contributed by atoms with Gasteiger partial charge in [0.05, 0.1) is 10.8 Å². The maximum atomic E-state index is 13.5. The molecule has 1 spiro atoms. The van der Waals surface area contributed by atoms with Gasteiger partial charge in [-0.25, -0.2) is 12.8 Å². The van der Waals surface area contributed by atoms with Crippen molar-refractivity contribution in [3.63, 3.8) is 0 Å². The van der Waals surface area contributed by atoms with Gasteiger partial charge in [-0.1, -0.05) is 18.6 Å². The molecule has 148 valence electrons. The highest BCUT2D eigenvalue weighted by atomic mass is 32.2. The summed E-state index contributed by atoms with van der Waals surface area (Å²) in [6.45, 7) is 0.782. The number of carbonyl (C=O) groups excluding carboxylic acids is 1. The van der Waals surface area contributed by atoms with Gasteiger partial charge in [-0.2, -0.15) is 4.31 Å². The molecule has 2 heterocycles. The van der Waals surface area contributed by atoms with E-state index in [0.29, 0.717) is 13.1 Å². The minimum absolute atomic E-state index is 0.0709. The standard InChI is InChI=1S/C20H22FN3O3S/c21-16-5-1-6-17(10-16)28(26,27)24-13-18(20(14-24)7-3-8-20)19(25)23-12-15-4-2-9-22-11-15/h1-2,4-6,9-11,18H,3,7-8,12-14H2,(H,23,25). The highest BCUT2D eigenvalue weighted by molar-refractivity contribution is 7.89. The fourth-order valence-corrected chi connectivity index (χ4v) is 5.78. The summed E-state index contributed by atoms with van der Waals surface area (Å²) < 4.78 is 40.8. The van der Waals surface area contributed by atoms with Gasteiger partial charge < -0.3 is 5.32 Å². The first-order valence-electron chi connectivity index (χ1n) is 9.33. The van der Waals surface area contributed by atoms with Crippen molar-refractivity contribution in [2.75, 3.05) is 13.1 Å². The van der Waals surface area contributed by atoms with Crippen LogP contribution in [-0.4, -0.2) is 36.7 Å². The number of benzene rings is 1. The quantitative estimate of drug-likeness (QED) is 0.831. The summed E-state index contributed by atoms with van der Waals surface area (Å²) >= 11 is 0. The van der Waals surface area contributed by atoms with E-state index in [4.69, 9.17) is 0 Å². The number of aromatic nitrogens is 1. The molecule has 1 aromatic heterocycles. The molecule has 1 atom stereocenters. The number of nitrogens with one attached hydrogen (secondary N) is 1. The second-order valence-corrected chi connectivity index (χ2v) is 9.54. The predicted octanol–water partition coefficient (Wildman–Crippen LogP) is 2.33. The third-order valence-electron chi connectivity index (χ3n) is 5.91. The van der Waals surface area contributed by atoms with Crippen LogP contribution in [0.1, 0.15) is 24.8 Å². The van der Waals surface area contributed by atoms with Crippen LogP contribution in [0.3, 0.4) is 0 Å². The Morgan fingerprint density at radius 2 is 2.11 bits per heavy atom. The van der Waals surface area contributed by atoms with Crippen LogP contribution in [0.25, 0.3) is 0 Å². The molecular weight excluding hydrogens is 381 g/mol. The number of amides is 1. The van der Waals surface area contributed by atoms with Crippen LogP contribution in [0.15, 0.2) is 53.7 Å². The lowest BCUT2D eigenvalue weighted by molar-refractivity contribution is -0.129. The van der Waals surface area contributed by atoms with E-state index in [1.165, 1.54) is 22.5 Å². The van der Waals surface area contributed by atoms with Gasteiger partial charge in [0, 0.05) is 32.0 Å². The van der Waals surface area contributed by atoms with Gasteiger partial charge in [-0.05, 0) is 48.1 Å². The van der Waals surface area contributed by atoms with E-state index in [2.05, 4.69) is 10.3 Å². The van der Waals surface area contributed by atoms with E-state index >= 15 is 0 Å². The molecule has 1 saturated carbocycles. The Morgan fingerprint density at radius 3 is 2.75 bits per heavy atom. The van der Waals surface area contributed by atoms with E-state index in [9.17, 15) is 17.6 Å². The molecule has 1 saturated heterocycles. The van der Waals surface area contributed by atoms with Crippen molar-refractivity contribution >= 4 is 15.9 Å². The average Bonchev–Trinajstić information content (AvgIpc) is 3.09. The minimum atomic E-state index is -3.84. The number of nitrogens with zero attached hydrogens (tertiary/aromatic N) is 2. The first-order valence-corrected chi connectivity index (χ1v) is 10.8. The van der Waals surface area contributed by atoms with Crippen LogP contribution in [0.2, 0.25) is 0 Å². The Morgan fingerprint density at radius 1 is 1.29 bits per heavy atom. The zero-order valence-electron chi connectivity index (χ0n) is 15.3. The van der Waals surface area contributed by atoms with Crippen molar-refractivity contribution in [1.29, 1.82) is 0 Å². The molecule has 1 aliphatic heterocycles. The Balaban J connectivity index is 1.52. The van der Waals surface area contributed by atoms with Crippen molar-refractivity contribution in [3.8, 4) is 0 Å². The summed E-state index contributed by atoms with van der Waals surface area (Å²) in [7, 11) is -3.84.